The summed E-state index contributed by atoms with van der Waals surface area (Å²) in [6.45, 7) is 3.42. The fraction of sp³-hybridized carbons (Fsp3) is 0.455. The molecule has 0 fully saturated rings. The van der Waals surface area contributed by atoms with Crippen LogP contribution in [0.5, 0.6) is 5.75 Å². The van der Waals surface area contributed by atoms with Crippen LogP contribution in [-0.2, 0) is 14.8 Å². The van der Waals surface area contributed by atoms with Gasteiger partial charge in [-0.2, -0.15) is 0 Å². The zero-order chi connectivity index (χ0) is 15.5. The predicted molar refractivity (Wildman–Crippen MR) is 71.2 cm³/mol. The minimum absolute atomic E-state index is 0.00245. The van der Waals surface area contributed by atoms with Crippen LogP contribution in [0.1, 0.15) is 12.5 Å². The highest BCUT2D eigenvalue weighted by molar-refractivity contribution is 7.89. The predicted octanol–water partition coefficient (Wildman–Crippen LogP) is 0.964. The Labute approximate surface area is 116 Å². The van der Waals surface area contributed by atoms with Crippen LogP contribution in [-0.4, -0.2) is 33.2 Å². The number of aryl methyl sites for hydroxylation is 1. The van der Waals surface area contributed by atoms with E-state index < -0.39 is 25.9 Å². The van der Waals surface area contributed by atoms with Crippen molar-refractivity contribution in [3.63, 3.8) is 0 Å². The topological polar surface area (TPSA) is 122 Å². The Morgan fingerprint density at radius 3 is 2.50 bits per heavy atom. The molecule has 112 valence electrons. The van der Waals surface area contributed by atoms with Gasteiger partial charge in [-0.05, 0) is 19.4 Å². The Kier molecular flexibility index (Phi) is 5.03. The van der Waals surface area contributed by atoms with Crippen molar-refractivity contribution in [2.75, 3.05) is 13.7 Å². The summed E-state index contributed by atoms with van der Waals surface area (Å²) < 4.78 is 33.5. The van der Waals surface area contributed by atoms with Gasteiger partial charge in [-0.3, -0.25) is 10.1 Å². The maximum atomic E-state index is 11.6. The molecule has 0 radical (unpaired) electrons. The van der Waals surface area contributed by atoms with Gasteiger partial charge in [-0.25, -0.2) is 13.6 Å². The number of nitro benzene ring substituents is 1. The molecule has 0 aliphatic heterocycles. The third kappa shape index (κ3) is 3.89. The lowest BCUT2D eigenvalue weighted by Crippen LogP contribution is -2.22. The molecule has 0 aromatic heterocycles. The van der Waals surface area contributed by atoms with E-state index in [0.717, 1.165) is 6.07 Å². The van der Waals surface area contributed by atoms with E-state index in [1.165, 1.54) is 20.1 Å². The Bertz CT molecular complexity index is 614. The van der Waals surface area contributed by atoms with E-state index in [1.807, 2.05) is 0 Å². The van der Waals surface area contributed by atoms with Gasteiger partial charge in [0.2, 0.25) is 10.0 Å². The largest absolute Gasteiger partial charge is 0.487 e. The third-order valence-electron chi connectivity index (χ3n) is 2.46. The van der Waals surface area contributed by atoms with E-state index in [9.17, 15) is 18.5 Å². The molecule has 0 aliphatic rings. The van der Waals surface area contributed by atoms with Crippen LogP contribution in [0.2, 0.25) is 0 Å². The minimum Gasteiger partial charge on any atom is -0.487 e. The van der Waals surface area contributed by atoms with Gasteiger partial charge >= 0.3 is 0 Å². The number of rotatable bonds is 6. The Morgan fingerprint density at radius 2 is 2.05 bits per heavy atom. The summed E-state index contributed by atoms with van der Waals surface area (Å²) in [7, 11) is -2.67. The quantitative estimate of drug-likeness (QED) is 0.617. The van der Waals surface area contributed by atoms with Crippen molar-refractivity contribution in [3.05, 3.63) is 27.8 Å². The van der Waals surface area contributed by atoms with Gasteiger partial charge in [0.25, 0.3) is 5.69 Å². The summed E-state index contributed by atoms with van der Waals surface area (Å²) in [6.07, 6.45) is -0.430. The fourth-order valence-corrected chi connectivity index (χ4v) is 2.41. The second kappa shape index (κ2) is 6.16. The van der Waals surface area contributed by atoms with Crippen molar-refractivity contribution < 1.29 is 22.8 Å². The number of nitrogens with two attached hydrogens (primary N) is 1. The normalized spacial score (nSPS) is 13.0. The van der Waals surface area contributed by atoms with Gasteiger partial charge in [0, 0.05) is 19.2 Å². The first-order chi connectivity index (χ1) is 9.16. The summed E-state index contributed by atoms with van der Waals surface area (Å²) in [5.41, 5.74) is -0.0514. The number of hydrogen-bond donors (Lipinski definition) is 1. The summed E-state index contributed by atoms with van der Waals surface area (Å²) in [5.74, 6) is 0.00245. The molecule has 0 heterocycles. The summed E-state index contributed by atoms with van der Waals surface area (Å²) in [5, 5.41) is 15.9. The van der Waals surface area contributed by atoms with Crippen LogP contribution in [0, 0.1) is 17.0 Å². The van der Waals surface area contributed by atoms with Crippen LogP contribution in [0.25, 0.3) is 0 Å². The minimum atomic E-state index is -4.14. The highest BCUT2D eigenvalue weighted by atomic mass is 32.2. The smallest absolute Gasteiger partial charge is 0.271 e. The Hall–Kier alpha value is -1.71. The molecule has 0 bridgehead atoms. The molecule has 0 spiro atoms. The first kappa shape index (κ1) is 16.3. The van der Waals surface area contributed by atoms with E-state index in [0.29, 0.717) is 5.56 Å². The van der Waals surface area contributed by atoms with Gasteiger partial charge in [-0.1, -0.05) is 0 Å². The van der Waals surface area contributed by atoms with E-state index in [4.69, 9.17) is 14.6 Å². The van der Waals surface area contributed by atoms with Gasteiger partial charge in [0.05, 0.1) is 11.5 Å². The number of primary sulfonamides is 1. The van der Waals surface area contributed by atoms with Gasteiger partial charge in [0.1, 0.15) is 16.7 Å². The van der Waals surface area contributed by atoms with Crippen molar-refractivity contribution in [2.24, 2.45) is 5.14 Å². The summed E-state index contributed by atoms with van der Waals surface area (Å²) in [6, 6.07) is 2.11. The maximum absolute atomic E-state index is 11.6. The third-order valence-corrected chi connectivity index (χ3v) is 3.38. The highest BCUT2D eigenvalue weighted by Gasteiger charge is 2.24. The molecule has 0 saturated heterocycles. The fourth-order valence-electron chi connectivity index (χ4n) is 1.66. The first-order valence-corrected chi connectivity index (χ1v) is 7.19. The molecule has 8 nitrogen and oxygen atoms in total. The SMILES string of the molecule is COCC(C)Oc1c(C)cc([N+](=O)[O-])cc1S(N)(=O)=O. The monoisotopic (exact) mass is 304 g/mol. The number of non-ortho nitro benzene ring substituents is 1. The number of sulfonamides is 1. The average molecular weight is 304 g/mol. The number of nitro groups is 1. The maximum Gasteiger partial charge on any atom is 0.271 e. The standard InChI is InChI=1S/C11H16N2O6S/c1-7-4-9(13(14)15)5-10(20(12,16)17)11(7)19-8(2)6-18-3/h4-5,8H,6H2,1-3H3,(H2,12,16,17). The van der Waals surface area contributed by atoms with E-state index >= 15 is 0 Å². The molecule has 2 N–H and O–H groups in total. The lowest BCUT2D eigenvalue weighted by Gasteiger charge is -2.18. The Balaban J connectivity index is 3.39. The van der Waals surface area contributed by atoms with Crippen LogP contribution in [0.15, 0.2) is 17.0 Å². The molecule has 1 atom stereocenters. The van der Waals surface area contributed by atoms with Crippen molar-refractivity contribution >= 4 is 15.7 Å². The zero-order valence-electron chi connectivity index (χ0n) is 11.3. The van der Waals surface area contributed by atoms with E-state index in [-0.39, 0.29) is 18.0 Å². The lowest BCUT2D eigenvalue weighted by molar-refractivity contribution is -0.385. The molecule has 1 unspecified atom stereocenters. The van der Waals surface area contributed by atoms with Crippen molar-refractivity contribution in [3.8, 4) is 5.75 Å². The van der Waals surface area contributed by atoms with E-state index in [2.05, 4.69) is 0 Å². The van der Waals surface area contributed by atoms with Crippen molar-refractivity contribution in [1.82, 2.24) is 0 Å². The summed E-state index contributed by atoms with van der Waals surface area (Å²) in [4.78, 5) is 9.68. The lowest BCUT2D eigenvalue weighted by atomic mass is 10.2. The molecule has 0 aliphatic carbocycles. The van der Waals surface area contributed by atoms with Crippen LogP contribution >= 0.6 is 0 Å². The van der Waals surface area contributed by atoms with Gasteiger partial charge < -0.3 is 9.47 Å². The average Bonchev–Trinajstić information content (AvgIpc) is 2.29. The number of nitrogens with zero attached hydrogens (tertiary/aromatic N) is 1. The molecule has 9 heteroatoms. The van der Waals surface area contributed by atoms with Crippen molar-refractivity contribution in [2.45, 2.75) is 24.8 Å². The zero-order valence-corrected chi connectivity index (χ0v) is 12.1. The number of ether oxygens (including phenoxy) is 2. The van der Waals surface area contributed by atoms with Crippen LogP contribution in [0.3, 0.4) is 0 Å². The van der Waals surface area contributed by atoms with Crippen molar-refractivity contribution in [1.29, 1.82) is 0 Å². The van der Waals surface area contributed by atoms with E-state index in [1.54, 1.807) is 6.92 Å². The Morgan fingerprint density at radius 1 is 1.45 bits per heavy atom. The molecule has 20 heavy (non-hydrogen) atoms. The molecule has 1 rings (SSSR count). The molecule has 0 amide bonds. The molecule has 1 aromatic carbocycles. The second-order valence-electron chi connectivity index (χ2n) is 4.28. The molecule has 1 aromatic rings. The molecular weight excluding hydrogens is 288 g/mol. The van der Waals surface area contributed by atoms with Crippen LogP contribution < -0.4 is 9.88 Å². The molecule has 0 saturated carbocycles. The second-order valence-corrected chi connectivity index (χ2v) is 5.81. The number of benzene rings is 1. The first-order valence-electron chi connectivity index (χ1n) is 5.64. The molecular formula is C11H16N2O6S. The van der Waals surface area contributed by atoms with Gasteiger partial charge in [-0.15, -0.1) is 0 Å². The van der Waals surface area contributed by atoms with Crippen LogP contribution in [0.4, 0.5) is 5.69 Å². The number of hydrogen-bond acceptors (Lipinski definition) is 6. The number of methoxy groups -OCH3 is 1. The van der Waals surface area contributed by atoms with Gasteiger partial charge in [0.15, 0.2) is 0 Å². The summed E-state index contributed by atoms with van der Waals surface area (Å²) >= 11 is 0. The highest BCUT2D eigenvalue weighted by Crippen LogP contribution is 2.32.